The number of hydrogen-bond acceptors (Lipinski definition) is 4. The van der Waals surface area contributed by atoms with E-state index in [0.29, 0.717) is 5.92 Å². The molecule has 2 atom stereocenters. The van der Waals surface area contributed by atoms with Crippen LogP contribution < -0.4 is 0 Å². The molecule has 3 aliphatic rings. The van der Waals surface area contributed by atoms with Crippen LogP contribution in [0.3, 0.4) is 0 Å². The maximum absolute atomic E-state index is 14.2. The van der Waals surface area contributed by atoms with Crippen LogP contribution in [0.4, 0.5) is 8.78 Å². The first-order valence-electron chi connectivity index (χ1n) is 12.2. The summed E-state index contributed by atoms with van der Waals surface area (Å²) in [6.45, 7) is 2.20. The Kier molecular flexibility index (Phi) is 8.63. The van der Waals surface area contributed by atoms with Crippen LogP contribution in [0.15, 0.2) is 78.9 Å². The van der Waals surface area contributed by atoms with Gasteiger partial charge in [0.15, 0.2) is 0 Å². The summed E-state index contributed by atoms with van der Waals surface area (Å²) >= 11 is 0. The molecule has 2 unspecified atom stereocenters. The van der Waals surface area contributed by atoms with Crippen molar-refractivity contribution in [1.29, 1.82) is 0 Å². The zero-order chi connectivity index (χ0) is 26.4. The van der Waals surface area contributed by atoms with E-state index in [2.05, 4.69) is 53.4 Å². The molecule has 0 aromatic heterocycles. The molecule has 37 heavy (non-hydrogen) atoms. The van der Waals surface area contributed by atoms with Crippen molar-refractivity contribution < 1.29 is 33.3 Å². The maximum Gasteiger partial charge on any atom is 0.414 e. The summed E-state index contributed by atoms with van der Waals surface area (Å²) in [5.74, 6) is -3.90. The molecule has 0 saturated carbocycles. The van der Waals surface area contributed by atoms with E-state index in [9.17, 15) is 8.78 Å². The summed E-state index contributed by atoms with van der Waals surface area (Å²) in [5.41, 5.74) is 2.81. The van der Waals surface area contributed by atoms with E-state index in [4.69, 9.17) is 24.5 Å². The molecule has 0 radical (unpaired) electrons. The van der Waals surface area contributed by atoms with Gasteiger partial charge in [0.2, 0.25) is 0 Å². The first-order valence-corrected chi connectivity index (χ1v) is 12.2. The van der Waals surface area contributed by atoms with E-state index >= 15 is 0 Å². The van der Waals surface area contributed by atoms with Gasteiger partial charge in [-0.2, -0.15) is 0 Å². The zero-order valence-electron chi connectivity index (χ0n) is 20.2. The largest absolute Gasteiger partial charge is 0.473 e. The SMILES string of the molecule is Fc1ccc(F)c(COC2C3CCN(CC3)C2C(c2ccccc2)c2ccccc2)c1.O=C(O)C(=O)O. The van der Waals surface area contributed by atoms with Gasteiger partial charge in [0.05, 0.1) is 12.7 Å². The molecule has 0 amide bonds. The van der Waals surface area contributed by atoms with Crippen LogP contribution in [0, 0.1) is 17.6 Å². The van der Waals surface area contributed by atoms with Crippen molar-refractivity contribution in [2.75, 3.05) is 13.1 Å². The number of fused-ring (bicyclic) bond motifs is 3. The van der Waals surface area contributed by atoms with Gasteiger partial charge < -0.3 is 14.9 Å². The number of rotatable bonds is 6. The van der Waals surface area contributed by atoms with E-state index in [1.807, 2.05) is 12.1 Å². The molecule has 8 heteroatoms. The Labute approximate surface area is 214 Å². The molecule has 6 rings (SSSR count). The minimum absolute atomic E-state index is 0.0319. The molecule has 2 bridgehead atoms. The first kappa shape index (κ1) is 26.4. The standard InChI is InChI=1S/C27H27F2NO.C2H2O4/c28-23-11-12-24(29)22(17-23)18-31-27-21-13-15-30(16-14-21)26(27)25(19-7-3-1-4-8-19)20-9-5-2-6-10-20;3-1(4)2(5)6/h1-12,17,21,25-27H,13-16,18H2;(H,3,4)(H,5,6). The van der Waals surface area contributed by atoms with Gasteiger partial charge in [-0.15, -0.1) is 0 Å². The Bertz CT molecular complexity index is 1150. The van der Waals surface area contributed by atoms with E-state index in [1.54, 1.807) is 0 Å². The van der Waals surface area contributed by atoms with Gasteiger partial charge in [-0.25, -0.2) is 18.4 Å². The van der Waals surface area contributed by atoms with Crippen molar-refractivity contribution in [3.05, 3.63) is 107 Å². The summed E-state index contributed by atoms with van der Waals surface area (Å²) in [5, 5.41) is 14.8. The van der Waals surface area contributed by atoms with E-state index in [0.717, 1.165) is 32.0 Å². The number of carboxylic acids is 2. The number of aliphatic carboxylic acids is 2. The lowest BCUT2D eigenvalue weighted by Gasteiger charge is -2.53. The Balaban J connectivity index is 0.000000480. The highest BCUT2D eigenvalue weighted by molar-refractivity contribution is 6.27. The number of carbonyl (C=O) groups is 2. The molecule has 2 N–H and O–H groups in total. The van der Waals surface area contributed by atoms with Gasteiger partial charge in [0, 0.05) is 17.5 Å². The Hall–Kier alpha value is -3.62. The molecule has 3 aromatic carbocycles. The predicted molar refractivity (Wildman–Crippen MR) is 133 cm³/mol. The topological polar surface area (TPSA) is 87.1 Å². The Morgan fingerprint density at radius 1 is 0.865 bits per heavy atom. The highest BCUT2D eigenvalue weighted by Crippen LogP contribution is 2.43. The summed E-state index contributed by atoms with van der Waals surface area (Å²) in [4.78, 5) is 20.7. The summed E-state index contributed by atoms with van der Waals surface area (Å²) in [7, 11) is 0. The Morgan fingerprint density at radius 3 is 1.92 bits per heavy atom. The average molecular weight is 510 g/mol. The van der Waals surface area contributed by atoms with Crippen molar-refractivity contribution in [1.82, 2.24) is 4.90 Å². The lowest BCUT2D eigenvalue weighted by molar-refractivity contribution is -0.159. The molecule has 194 valence electrons. The van der Waals surface area contributed by atoms with Gasteiger partial charge in [-0.05, 0) is 61.2 Å². The van der Waals surface area contributed by atoms with Gasteiger partial charge in [-0.1, -0.05) is 60.7 Å². The van der Waals surface area contributed by atoms with Crippen molar-refractivity contribution in [3.63, 3.8) is 0 Å². The van der Waals surface area contributed by atoms with Crippen LogP contribution in [0.5, 0.6) is 0 Å². The number of hydrogen-bond donors (Lipinski definition) is 2. The van der Waals surface area contributed by atoms with E-state index in [1.165, 1.54) is 23.3 Å². The number of halogens is 2. The highest BCUT2D eigenvalue weighted by Gasteiger charge is 2.47. The van der Waals surface area contributed by atoms with Gasteiger partial charge >= 0.3 is 11.9 Å². The van der Waals surface area contributed by atoms with Gasteiger partial charge in [-0.3, -0.25) is 4.90 Å². The minimum atomic E-state index is -1.82. The van der Waals surface area contributed by atoms with Crippen LogP contribution in [0.25, 0.3) is 0 Å². The third-order valence-corrected chi connectivity index (χ3v) is 7.08. The normalized spacial score (nSPS) is 22.2. The second-order valence-corrected chi connectivity index (χ2v) is 9.28. The third kappa shape index (κ3) is 6.39. The van der Waals surface area contributed by atoms with Crippen LogP contribution in [0.1, 0.15) is 35.4 Å². The third-order valence-electron chi connectivity index (χ3n) is 7.08. The van der Waals surface area contributed by atoms with Crippen molar-refractivity contribution in [2.24, 2.45) is 5.92 Å². The number of carboxylic acid groups (broad SMARTS) is 2. The Morgan fingerprint density at radius 2 is 1.41 bits per heavy atom. The van der Waals surface area contributed by atoms with Crippen molar-refractivity contribution >= 4 is 11.9 Å². The number of ether oxygens (including phenoxy) is 1. The second kappa shape index (κ2) is 12.1. The molecule has 3 fully saturated rings. The average Bonchev–Trinajstić information content (AvgIpc) is 2.92. The molecule has 0 spiro atoms. The lowest BCUT2D eigenvalue weighted by Crippen LogP contribution is -2.60. The number of piperidine rings is 3. The zero-order valence-corrected chi connectivity index (χ0v) is 20.2. The first-order chi connectivity index (χ1) is 17.8. The van der Waals surface area contributed by atoms with Crippen LogP contribution in [-0.2, 0) is 20.9 Å². The molecule has 3 heterocycles. The van der Waals surface area contributed by atoms with E-state index in [-0.39, 0.29) is 30.2 Å². The smallest absolute Gasteiger partial charge is 0.414 e. The van der Waals surface area contributed by atoms with Gasteiger partial charge in [0.1, 0.15) is 11.6 Å². The van der Waals surface area contributed by atoms with Crippen LogP contribution in [0.2, 0.25) is 0 Å². The van der Waals surface area contributed by atoms with E-state index < -0.39 is 23.6 Å². The highest BCUT2D eigenvalue weighted by atomic mass is 19.1. The fourth-order valence-electron chi connectivity index (χ4n) is 5.42. The molecule has 3 saturated heterocycles. The fraction of sp³-hybridized carbons (Fsp3) is 0.310. The molecular weight excluding hydrogens is 480 g/mol. The summed E-state index contributed by atoms with van der Waals surface area (Å²) < 4.78 is 34.3. The van der Waals surface area contributed by atoms with Crippen molar-refractivity contribution in [3.8, 4) is 0 Å². The summed E-state index contributed by atoms with van der Waals surface area (Å²) in [6.07, 6.45) is 2.14. The van der Waals surface area contributed by atoms with Crippen LogP contribution in [-0.4, -0.2) is 52.3 Å². The lowest BCUT2D eigenvalue weighted by atomic mass is 9.72. The second-order valence-electron chi connectivity index (χ2n) is 9.28. The maximum atomic E-state index is 14.2. The number of nitrogens with zero attached hydrogens (tertiary/aromatic N) is 1. The molecule has 6 nitrogen and oxygen atoms in total. The van der Waals surface area contributed by atoms with Crippen LogP contribution >= 0.6 is 0 Å². The molecular formula is C29H29F2NO5. The summed E-state index contributed by atoms with van der Waals surface area (Å²) in [6, 6.07) is 24.9. The predicted octanol–water partition coefficient (Wildman–Crippen LogP) is 4.93. The monoisotopic (exact) mass is 509 g/mol. The molecule has 0 aliphatic carbocycles. The minimum Gasteiger partial charge on any atom is -0.473 e. The fourth-order valence-corrected chi connectivity index (χ4v) is 5.42. The van der Waals surface area contributed by atoms with Crippen molar-refractivity contribution in [2.45, 2.75) is 37.5 Å². The number of benzene rings is 3. The van der Waals surface area contributed by atoms with Gasteiger partial charge in [0.25, 0.3) is 0 Å². The molecule has 3 aliphatic heterocycles. The molecule has 3 aromatic rings. The quantitative estimate of drug-likeness (QED) is 0.458.